The minimum absolute atomic E-state index is 0.0995. The third-order valence-electron chi connectivity index (χ3n) is 6.74. The molecule has 7 nitrogen and oxygen atoms in total. The van der Waals surface area contributed by atoms with E-state index in [9.17, 15) is 9.59 Å². The molecule has 1 fully saturated rings. The third-order valence-corrected chi connectivity index (χ3v) is 7.63. The van der Waals surface area contributed by atoms with Gasteiger partial charge in [0.25, 0.3) is 0 Å². The molecule has 3 heterocycles. The van der Waals surface area contributed by atoms with Crippen LogP contribution < -0.4 is 0 Å². The van der Waals surface area contributed by atoms with Crippen molar-refractivity contribution in [3.05, 3.63) is 94.2 Å². The summed E-state index contributed by atoms with van der Waals surface area (Å²) in [5, 5.41) is 2.77. The molecule has 1 atom stereocenters. The number of amides is 1. The topological polar surface area (TPSA) is 65.5 Å². The lowest BCUT2D eigenvalue weighted by Gasteiger charge is -2.37. The highest BCUT2D eigenvalue weighted by Crippen LogP contribution is 2.45. The quantitative estimate of drug-likeness (QED) is 0.553. The SMILES string of the molecule is CC1=C(C(=O)OCc2ccccc2)C(c2ccccc2)N2C(CC(=O)N3CCN(C)CC3)=CSC2=N1. The van der Waals surface area contributed by atoms with E-state index in [0.717, 1.165) is 48.2 Å². The van der Waals surface area contributed by atoms with Gasteiger partial charge in [-0.3, -0.25) is 4.79 Å². The summed E-state index contributed by atoms with van der Waals surface area (Å²) in [6, 6.07) is 19.1. The second-order valence-electron chi connectivity index (χ2n) is 9.23. The van der Waals surface area contributed by atoms with Gasteiger partial charge in [-0.2, -0.15) is 0 Å². The predicted molar refractivity (Wildman–Crippen MR) is 142 cm³/mol. The van der Waals surface area contributed by atoms with Gasteiger partial charge in [0.1, 0.15) is 6.61 Å². The van der Waals surface area contributed by atoms with E-state index in [1.807, 2.05) is 82.8 Å². The first-order valence-corrected chi connectivity index (χ1v) is 13.1. The van der Waals surface area contributed by atoms with Gasteiger partial charge in [-0.1, -0.05) is 72.4 Å². The summed E-state index contributed by atoms with van der Waals surface area (Å²) in [6.45, 7) is 5.26. The van der Waals surface area contributed by atoms with Crippen LogP contribution in [0.5, 0.6) is 0 Å². The predicted octanol–water partition coefficient (Wildman–Crippen LogP) is 4.17. The van der Waals surface area contributed by atoms with Crippen LogP contribution in [0.2, 0.25) is 0 Å². The summed E-state index contributed by atoms with van der Waals surface area (Å²) < 4.78 is 5.76. The Balaban J connectivity index is 1.41. The number of allylic oxidation sites excluding steroid dienone is 1. The van der Waals surface area contributed by atoms with Crippen LogP contribution in [0.25, 0.3) is 0 Å². The summed E-state index contributed by atoms with van der Waals surface area (Å²) in [7, 11) is 2.08. The molecule has 0 spiro atoms. The van der Waals surface area contributed by atoms with Gasteiger partial charge in [0.15, 0.2) is 5.17 Å². The first-order chi connectivity index (χ1) is 17.5. The van der Waals surface area contributed by atoms with Crippen LogP contribution in [0, 0.1) is 0 Å². The highest BCUT2D eigenvalue weighted by atomic mass is 32.2. The molecule has 36 heavy (non-hydrogen) atoms. The second kappa shape index (κ2) is 10.7. The number of benzene rings is 2. The molecule has 0 radical (unpaired) electrons. The van der Waals surface area contributed by atoms with Crippen molar-refractivity contribution in [2.75, 3.05) is 33.2 Å². The van der Waals surface area contributed by atoms with Gasteiger partial charge in [-0.25, -0.2) is 9.79 Å². The molecule has 0 aromatic heterocycles. The Labute approximate surface area is 216 Å². The zero-order chi connectivity index (χ0) is 25.1. The number of carbonyl (C=O) groups is 2. The van der Waals surface area contributed by atoms with Gasteiger partial charge >= 0.3 is 5.97 Å². The van der Waals surface area contributed by atoms with Crippen molar-refractivity contribution in [2.24, 2.45) is 4.99 Å². The Bertz CT molecular complexity index is 1220. The molecule has 2 aromatic rings. The highest BCUT2D eigenvalue weighted by Gasteiger charge is 2.41. The Morgan fingerprint density at radius 2 is 1.67 bits per heavy atom. The molecule has 3 aliphatic rings. The number of nitrogens with zero attached hydrogens (tertiary/aromatic N) is 4. The van der Waals surface area contributed by atoms with E-state index < -0.39 is 12.0 Å². The lowest BCUT2D eigenvalue weighted by atomic mass is 9.94. The van der Waals surface area contributed by atoms with Gasteiger partial charge in [0.05, 0.1) is 23.7 Å². The fourth-order valence-corrected chi connectivity index (χ4v) is 5.67. The first kappa shape index (κ1) is 24.3. The summed E-state index contributed by atoms with van der Waals surface area (Å²) in [6.07, 6.45) is 0.268. The Morgan fingerprint density at radius 1 is 1.00 bits per heavy atom. The number of piperazine rings is 1. The summed E-state index contributed by atoms with van der Waals surface area (Å²) in [5.74, 6) is -0.294. The molecule has 0 N–H and O–H groups in total. The smallest absolute Gasteiger partial charge is 0.338 e. The standard InChI is InChI=1S/C28H30N4O3S/c1-20-25(27(34)35-18-21-9-5-3-6-10-21)26(22-11-7-4-8-12-22)32-23(19-36-28(32)29-20)17-24(33)31-15-13-30(2)14-16-31/h3-12,19,26H,13-18H2,1-2H3. The van der Waals surface area contributed by atoms with Crippen LogP contribution in [0.1, 0.15) is 30.5 Å². The molecule has 1 saturated heterocycles. The summed E-state index contributed by atoms with van der Waals surface area (Å²) >= 11 is 1.50. The zero-order valence-electron chi connectivity index (χ0n) is 20.6. The number of rotatable bonds is 6. The highest BCUT2D eigenvalue weighted by molar-refractivity contribution is 8.16. The molecule has 0 saturated carbocycles. The summed E-state index contributed by atoms with van der Waals surface area (Å²) in [5.41, 5.74) is 3.88. The fourth-order valence-electron chi connectivity index (χ4n) is 4.70. The largest absolute Gasteiger partial charge is 0.457 e. The minimum Gasteiger partial charge on any atom is -0.457 e. The van der Waals surface area contributed by atoms with Crippen molar-refractivity contribution in [3.63, 3.8) is 0 Å². The monoisotopic (exact) mass is 502 g/mol. The second-order valence-corrected chi connectivity index (χ2v) is 10.1. The van der Waals surface area contributed by atoms with Crippen LogP contribution in [-0.2, 0) is 20.9 Å². The van der Waals surface area contributed by atoms with Crippen molar-refractivity contribution in [1.82, 2.24) is 14.7 Å². The van der Waals surface area contributed by atoms with E-state index in [1.54, 1.807) is 0 Å². The molecule has 2 aromatic carbocycles. The number of carbonyl (C=O) groups excluding carboxylic acids is 2. The van der Waals surface area contributed by atoms with Gasteiger partial charge in [-0.15, -0.1) is 0 Å². The number of fused-ring (bicyclic) bond motifs is 1. The number of ether oxygens (including phenoxy) is 1. The van der Waals surface area contributed by atoms with Crippen molar-refractivity contribution >= 4 is 28.8 Å². The van der Waals surface area contributed by atoms with E-state index in [0.29, 0.717) is 11.3 Å². The van der Waals surface area contributed by atoms with Crippen molar-refractivity contribution in [1.29, 1.82) is 0 Å². The molecular formula is C28H30N4O3S. The van der Waals surface area contributed by atoms with Crippen molar-refractivity contribution in [3.8, 4) is 0 Å². The zero-order valence-corrected chi connectivity index (χ0v) is 21.4. The number of amidine groups is 1. The van der Waals surface area contributed by atoms with Crippen LogP contribution in [0.3, 0.4) is 0 Å². The Hall–Kier alpha value is -3.36. The van der Waals surface area contributed by atoms with Crippen LogP contribution in [-0.4, -0.2) is 65.0 Å². The molecule has 1 amide bonds. The Morgan fingerprint density at radius 3 is 2.36 bits per heavy atom. The van der Waals surface area contributed by atoms with Crippen LogP contribution in [0.4, 0.5) is 0 Å². The van der Waals surface area contributed by atoms with E-state index in [2.05, 4.69) is 11.9 Å². The molecular weight excluding hydrogens is 472 g/mol. The fraction of sp³-hybridized carbons (Fsp3) is 0.321. The first-order valence-electron chi connectivity index (χ1n) is 12.2. The molecule has 5 rings (SSSR count). The molecule has 3 aliphatic heterocycles. The van der Waals surface area contributed by atoms with Gasteiger partial charge in [0.2, 0.25) is 5.91 Å². The van der Waals surface area contributed by atoms with Crippen molar-refractivity contribution < 1.29 is 14.3 Å². The molecule has 1 unspecified atom stereocenters. The van der Waals surface area contributed by atoms with Crippen molar-refractivity contribution in [2.45, 2.75) is 26.0 Å². The maximum absolute atomic E-state index is 13.5. The molecule has 186 valence electrons. The lowest BCUT2D eigenvalue weighted by molar-refractivity contribution is -0.141. The van der Waals surface area contributed by atoms with Gasteiger partial charge < -0.3 is 19.4 Å². The van der Waals surface area contributed by atoms with Gasteiger partial charge in [0, 0.05) is 31.9 Å². The minimum atomic E-state index is -0.413. The average Bonchev–Trinajstić information content (AvgIpc) is 3.29. The van der Waals surface area contributed by atoms with E-state index >= 15 is 0 Å². The lowest BCUT2D eigenvalue weighted by Crippen LogP contribution is -2.47. The van der Waals surface area contributed by atoms with E-state index in [4.69, 9.17) is 9.73 Å². The van der Waals surface area contributed by atoms with Crippen LogP contribution in [0.15, 0.2) is 88.0 Å². The Kier molecular flexibility index (Phi) is 7.25. The number of aliphatic imine (C=N–C) groups is 1. The number of hydrogen-bond acceptors (Lipinski definition) is 7. The maximum Gasteiger partial charge on any atom is 0.338 e. The normalized spacial score (nSPS) is 20.1. The average molecular weight is 503 g/mol. The van der Waals surface area contributed by atoms with Gasteiger partial charge in [-0.05, 0) is 30.5 Å². The number of thioether (sulfide) groups is 1. The maximum atomic E-state index is 13.5. The third kappa shape index (κ3) is 5.10. The molecule has 8 heteroatoms. The number of esters is 1. The number of hydrogen-bond donors (Lipinski definition) is 0. The molecule has 0 bridgehead atoms. The van der Waals surface area contributed by atoms with E-state index in [-0.39, 0.29) is 18.9 Å². The number of likely N-dealkylation sites (N-methyl/N-ethyl adjacent to an activating group) is 1. The molecule has 0 aliphatic carbocycles. The van der Waals surface area contributed by atoms with Crippen LogP contribution >= 0.6 is 11.8 Å². The van der Waals surface area contributed by atoms with E-state index in [1.165, 1.54) is 11.8 Å². The summed E-state index contributed by atoms with van der Waals surface area (Å²) in [4.78, 5) is 37.6.